The van der Waals surface area contributed by atoms with Gasteiger partial charge in [-0.15, -0.1) is 0 Å². The first kappa shape index (κ1) is 11.9. The van der Waals surface area contributed by atoms with Crippen molar-refractivity contribution < 1.29 is 0 Å². The van der Waals surface area contributed by atoms with E-state index in [1.54, 1.807) is 0 Å². The molecule has 0 radical (unpaired) electrons. The molecule has 0 bridgehead atoms. The van der Waals surface area contributed by atoms with Gasteiger partial charge in [0.1, 0.15) is 0 Å². The Morgan fingerprint density at radius 1 is 1.25 bits per heavy atom. The molecule has 16 heavy (non-hydrogen) atoms. The van der Waals surface area contributed by atoms with Crippen LogP contribution in [0.3, 0.4) is 0 Å². The third kappa shape index (κ3) is 3.23. The Bertz CT molecular complexity index is 327. The molecule has 1 atom stereocenters. The van der Waals surface area contributed by atoms with Gasteiger partial charge < -0.3 is 5.32 Å². The molecule has 88 valence electrons. The predicted octanol–water partition coefficient (Wildman–Crippen LogP) is 3.83. The van der Waals surface area contributed by atoms with Gasteiger partial charge in [-0.25, -0.2) is 0 Å². The molecule has 1 unspecified atom stereocenters. The van der Waals surface area contributed by atoms with Crippen LogP contribution in [0.2, 0.25) is 5.02 Å². The van der Waals surface area contributed by atoms with Crippen LogP contribution < -0.4 is 5.32 Å². The Morgan fingerprint density at radius 3 is 2.38 bits per heavy atom. The van der Waals surface area contributed by atoms with Crippen molar-refractivity contribution in [1.82, 2.24) is 5.32 Å². The molecule has 1 aromatic carbocycles. The molecule has 1 aliphatic rings. The summed E-state index contributed by atoms with van der Waals surface area (Å²) < 4.78 is 0. The van der Waals surface area contributed by atoms with Gasteiger partial charge in [-0.2, -0.15) is 0 Å². The van der Waals surface area contributed by atoms with Crippen molar-refractivity contribution in [2.75, 3.05) is 6.54 Å². The number of nitrogens with one attached hydrogen (secondary N) is 1. The molecule has 1 fully saturated rings. The lowest BCUT2D eigenvalue weighted by Gasteiger charge is -2.22. The normalized spacial score (nSPS) is 17.8. The molecule has 0 aliphatic heterocycles. The Labute approximate surface area is 103 Å². The molecule has 1 N–H and O–H groups in total. The Hall–Kier alpha value is -0.530. The van der Waals surface area contributed by atoms with Gasteiger partial charge in [0.05, 0.1) is 0 Å². The third-order valence-electron chi connectivity index (χ3n) is 3.31. The topological polar surface area (TPSA) is 12.0 Å². The van der Waals surface area contributed by atoms with Crippen molar-refractivity contribution in [3.05, 3.63) is 34.9 Å². The van der Waals surface area contributed by atoms with E-state index in [0.29, 0.717) is 11.8 Å². The largest absolute Gasteiger partial charge is 0.313 e. The summed E-state index contributed by atoms with van der Waals surface area (Å²) in [6, 6.07) is 9.07. The monoisotopic (exact) mass is 237 g/mol. The summed E-state index contributed by atoms with van der Waals surface area (Å²) in [6.07, 6.45) is 2.71. The van der Waals surface area contributed by atoms with E-state index in [-0.39, 0.29) is 0 Å². The van der Waals surface area contributed by atoms with Crippen LogP contribution >= 0.6 is 11.6 Å². The summed E-state index contributed by atoms with van der Waals surface area (Å²) in [4.78, 5) is 0. The average Bonchev–Trinajstić information content (AvgIpc) is 3.04. The van der Waals surface area contributed by atoms with E-state index >= 15 is 0 Å². The number of hydrogen-bond acceptors (Lipinski definition) is 1. The highest BCUT2D eigenvalue weighted by Gasteiger charge is 2.23. The lowest BCUT2D eigenvalue weighted by Crippen LogP contribution is -2.26. The second-order valence-electron chi connectivity index (χ2n) is 5.08. The fraction of sp³-hybridized carbons (Fsp3) is 0.571. The molecule has 0 aromatic heterocycles. The summed E-state index contributed by atoms with van der Waals surface area (Å²) in [5.41, 5.74) is 1.40. The highest BCUT2D eigenvalue weighted by Crippen LogP contribution is 2.27. The van der Waals surface area contributed by atoms with Gasteiger partial charge in [0.25, 0.3) is 0 Å². The first-order chi connectivity index (χ1) is 7.66. The fourth-order valence-electron chi connectivity index (χ4n) is 2.03. The molecule has 2 rings (SSSR count). The van der Waals surface area contributed by atoms with E-state index in [1.807, 2.05) is 12.1 Å². The molecule has 1 saturated carbocycles. The van der Waals surface area contributed by atoms with Gasteiger partial charge in [-0.05, 0) is 42.4 Å². The maximum absolute atomic E-state index is 5.92. The maximum atomic E-state index is 5.92. The lowest BCUT2D eigenvalue weighted by molar-refractivity contribution is 0.460. The highest BCUT2D eigenvalue weighted by molar-refractivity contribution is 6.30. The van der Waals surface area contributed by atoms with Gasteiger partial charge in [0.2, 0.25) is 0 Å². The van der Waals surface area contributed by atoms with Crippen LogP contribution in [0, 0.1) is 5.92 Å². The Kier molecular flexibility index (Phi) is 3.88. The van der Waals surface area contributed by atoms with Crippen molar-refractivity contribution in [1.29, 1.82) is 0 Å². The molecule has 1 aliphatic carbocycles. The molecular weight excluding hydrogens is 218 g/mol. The zero-order valence-corrected chi connectivity index (χ0v) is 10.8. The average molecular weight is 238 g/mol. The molecule has 2 heteroatoms. The van der Waals surface area contributed by atoms with E-state index in [4.69, 9.17) is 11.6 Å². The summed E-state index contributed by atoms with van der Waals surface area (Å²) in [5, 5.41) is 4.44. The lowest BCUT2D eigenvalue weighted by atomic mass is 9.88. The van der Waals surface area contributed by atoms with E-state index in [1.165, 1.54) is 18.4 Å². The maximum Gasteiger partial charge on any atom is 0.0406 e. The van der Waals surface area contributed by atoms with Crippen LogP contribution in [0.4, 0.5) is 0 Å². The van der Waals surface area contributed by atoms with Gasteiger partial charge in [0, 0.05) is 17.6 Å². The first-order valence-electron chi connectivity index (χ1n) is 6.15. The predicted molar refractivity (Wildman–Crippen MR) is 70.1 cm³/mol. The van der Waals surface area contributed by atoms with E-state index in [2.05, 4.69) is 31.3 Å². The molecular formula is C14H20ClN. The smallest absolute Gasteiger partial charge is 0.0406 e. The van der Waals surface area contributed by atoms with Crippen LogP contribution in [0.25, 0.3) is 0 Å². The van der Waals surface area contributed by atoms with E-state index in [9.17, 15) is 0 Å². The quantitative estimate of drug-likeness (QED) is 0.821. The van der Waals surface area contributed by atoms with Crippen molar-refractivity contribution in [2.45, 2.75) is 38.6 Å². The van der Waals surface area contributed by atoms with Gasteiger partial charge >= 0.3 is 0 Å². The SMILES string of the molecule is CC(C)C(CNC1CC1)c1ccc(Cl)cc1. The second-order valence-corrected chi connectivity index (χ2v) is 5.52. The Morgan fingerprint density at radius 2 is 1.88 bits per heavy atom. The van der Waals surface area contributed by atoms with Crippen LogP contribution in [-0.2, 0) is 0 Å². The van der Waals surface area contributed by atoms with Crippen LogP contribution in [0.5, 0.6) is 0 Å². The fourth-order valence-corrected chi connectivity index (χ4v) is 2.16. The minimum atomic E-state index is 0.595. The molecule has 0 spiro atoms. The summed E-state index contributed by atoms with van der Waals surface area (Å²) in [7, 11) is 0. The molecule has 0 saturated heterocycles. The van der Waals surface area contributed by atoms with Crippen LogP contribution in [0.15, 0.2) is 24.3 Å². The van der Waals surface area contributed by atoms with Crippen molar-refractivity contribution >= 4 is 11.6 Å². The molecule has 1 nitrogen and oxygen atoms in total. The van der Waals surface area contributed by atoms with Gasteiger partial charge in [-0.3, -0.25) is 0 Å². The second kappa shape index (κ2) is 5.20. The van der Waals surface area contributed by atoms with Crippen LogP contribution in [0.1, 0.15) is 38.2 Å². The van der Waals surface area contributed by atoms with Crippen molar-refractivity contribution in [3.63, 3.8) is 0 Å². The minimum Gasteiger partial charge on any atom is -0.313 e. The van der Waals surface area contributed by atoms with Gasteiger partial charge in [-0.1, -0.05) is 37.6 Å². The summed E-state index contributed by atoms with van der Waals surface area (Å²) in [5.74, 6) is 1.25. The molecule has 1 aromatic rings. The molecule has 0 heterocycles. The van der Waals surface area contributed by atoms with Crippen LogP contribution in [-0.4, -0.2) is 12.6 Å². The summed E-state index contributed by atoms with van der Waals surface area (Å²) in [6.45, 7) is 5.66. The number of hydrogen-bond donors (Lipinski definition) is 1. The summed E-state index contributed by atoms with van der Waals surface area (Å²) >= 11 is 5.92. The van der Waals surface area contributed by atoms with E-state index in [0.717, 1.165) is 17.6 Å². The highest BCUT2D eigenvalue weighted by atomic mass is 35.5. The van der Waals surface area contributed by atoms with Gasteiger partial charge in [0.15, 0.2) is 0 Å². The minimum absolute atomic E-state index is 0.595. The van der Waals surface area contributed by atoms with E-state index < -0.39 is 0 Å². The number of benzene rings is 1. The zero-order chi connectivity index (χ0) is 11.5. The third-order valence-corrected chi connectivity index (χ3v) is 3.56. The number of rotatable bonds is 5. The van der Waals surface area contributed by atoms with Crippen molar-refractivity contribution in [2.24, 2.45) is 5.92 Å². The standard InChI is InChI=1S/C14H20ClN/c1-10(2)14(9-16-13-7-8-13)11-3-5-12(15)6-4-11/h3-6,10,13-14,16H,7-9H2,1-2H3. The Balaban J connectivity index is 2.01. The molecule has 0 amide bonds. The first-order valence-corrected chi connectivity index (χ1v) is 6.53. The number of halogens is 1. The zero-order valence-electron chi connectivity index (χ0n) is 10.0. The van der Waals surface area contributed by atoms with Crippen molar-refractivity contribution in [3.8, 4) is 0 Å².